The van der Waals surface area contributed by atoms with E-state index in [0.717, 1.165) is 11.6 Å². The molecule has 0 aromatic heterocycles. The minimum atomic E-state index is 0.582. The van der Waals surface area contributed by atoms with E-state index in [1.54, 1.807) is 0 Å². The third-order valence-corrected chi connectivity index (χ3v) is 3.00. The van der Waals surface area contributed by atoms with Crippen LogP contribution in [-0.4, -0.2) is 6.54 Å². The van der Waals surface area contributed by atoms with Gasteiger partial charge in [0.15, 0.2) is 0 Å². The summed E-state index contributed by atoms with van der Waals surface area (Å²) in [5, 5.41) is 4.31. The summed E-state index contributed by atoms with van der Waals surface area (Å²) >= 11 is 6.17. The maximum Gasteiger partial charge on any atom is 0.0461 e. The SMILES string of the molecule is CC1CCCNc2cccc(Cl)c21. The Morgan fingerprint density at radius 1 is 1.46 bits per heavy atom. The summed E-state index contributed by atoms with van der Waals surface area (Å²) in [6, 6.07) is 6.10. The lowest BCUT2D eigenvalue weighted by atomic mass is 9.96. The highest BCUT2D eigenvalue weighted by Crippen LogP contribution is 2.35. The zero-order valence-corrected chi connectivity index (χ0v) is 8.56. The molecular weight excluding hydrogens is 182 g/mol. The van der Waals surface area contributed by atoms with Crippen LogP contribution in [0.3, 0.4) is 0 Å². The van der Waals surface area contributed by atoms with E-state index >= 15 is 0 Å². The molecule has 0 radical (unpaired) electrons. The summed E-state index contributed by atoms with van der Waals surface area (Å²) in [7, 11) is 0. The summed E-state index contributed by atoms with van der Waals surface area (Å²) in [5.74, 6) is 0.582. The second-order valence-electron chi connectivity index (χ2n) is 3.67. The Morgan fingerprint density at radius 2 is 2.31 bits per heavy atom. The molecule has 2 rings (SSSR count). The monoisotopic (exact) mass is 195 g/mol. The second-order valence-corrected chi connectivity index (χ2v) is 4.08. The van der Waals surface area contributed by atoms with Crippen molar-refractivity contribution in [3.63, 3.8) is 0 Å². The largest absolute Gasteiger partial charge is 0.385 e. The third-order valence-electron chi connectivity index (χ3n) is 2.68. The molecule has 1 aliphatic rings. The van der Waals surface area contributed by atoms with E-state index in [0.29, 0.717) is 5.92 Å². The highest BCUT2D eigenvalue weighted by molar-refractivity contribution is 6.31. The Morgan fingerprint density at radius 3 is 3.15 bits per heavy atom. The van der Waals surface area contributed by atoms with Crippen molar-refractivity contribution in [3.8, 4) is 0 Å². The van der Waals surface area contributed by atoms with Gasteiger partial charge in [0.25, 0.3) is 0 Å². The number of benzene rings is 1. The van der Waals surface area contributed by atoms with E-state index in [1.165, 1.54) is 24.1 Å². The summed E-state index contributed by atoms with van der Waals surface area (Å²) in [4.78, 5) is 0. The number of hydrogen-bond donors (Lipinski definition) is 1. The maximum absolute atomic E-state index is 6.17. The summed E-state index contributed by atoms with van der Waals surface area (Å²) < 4.78 is 0. The van der Waals surface area contributed by atoms with Crippen LogP contribution in [0, 0.1) is 0 Å². The highest BCUT2D eigenvalue weighted by atomic mass is 35.5. The van der Waals surface area contributed by atoms with Crippen molar-refractivity contribution in [2.24, 2.45) is 0 Å². The van der Waals surface area contributed by atoms with Crippen molar-refractivity contribution in [1.82, 2.24) is 0 Å². The number of anilines is 1. The van der Waals surface area contributed by atoms with Crippen LogP contribution in [0.2, 0.25) is 5.02 Å². The number of fused-ring (bicyclic) bond motifs is 1. The van der Waals surface area contributed by atoms with Crippen LogP contribution < -0.4 is 5.32 Å². The maximum atomic E-state index is 6.17. The lowest BCUT2D eigenvalue weighted by Crippen LogP contribution is -1.99. The molecule has 70 valence electrons. The molecule has 1 N–H and O–H groups in total. The summed E-state index contributed by atoms with van der Waals surface area (Å²) in [5.41, 5.74) is 2.51. The molecule has 13 heavy (non-hydrogen) atoms. The van der Waals surface area contributed by atoms with Crippen LogP contribution in [-0.2, 0) is 0 Å². The average molecular weight is 196 g/mol. The minimum absolute atomic E-state index is 0.582. The molecule has 2 heteroatoms. The van der Waals surface area contributed by atoms with Crippen molar-refractivity contribution >= 4 is 17.3 Å². The van der Waals surface area contributed by atoms with Crippen LogP contribution in [0.15, 0.2) is 18.2 Å². The van der Waals surface area contributed by atoms with E-state index in [-0.39, 0.29) is 0 Å². The van der Waals surface area contributed by atoms with Gasteiger partial charge in [-0.15, -0.1) is 0 Å². The first-order valence-electron chi connectivity index (χ1n) is 4.81. The molecule has 0 spiro atoms. The van der Waals surface area contributed by atoms with Gasteiger partial charge in [0.1, 0.15) is 0 Å². The Hall–Kier alpha value is -0.690. The van der Waals surface area contributed by atoms with Gasteiger partial charge >= 0.3 is 0 Å². The molecule has 0 saturated heterocycles. The van der Waals surface area contributed by atoms with Crippen LogP contribution in [0.1, 0.15) is 31.2 Å². The first-order chi connectivity index (χ1) is 6.29. The molecule has 1 unspecified atom stereocenters. The smallest absolute Gasteiger partial charge is 0.0461 e. The predicted molar refractivity (Wildman–Crippen MR) is 57.6 cm³/mol. The topological polar surface area (TPSA) is 12.0 Å². The van der Waals surface area contributed by atoms with Crippen LogP contribution in [0.25, 0.3) is 0 Å². The first kappa shape index (κ1) is 8.89. The van der Waals surface area contributed by atoms with Gasteiger partial charge in [-0.1, -0.05) is 24.6 Å². The number of hydrogen-bond acceptors (Lipinski definition) is 1. The second kappa shape index (κ2) is 3.59. The Kier molecular flexibility index (Phi) is 2.45. The molecule has 1 atom stereocenters. The lowest BCUT2D eigenvalue weighted by molar-refractivity contribution is 0.668. The van der Waals surface area contributed by atoms with Gasteiger partial charge in [0.05, 0.1) is 0 Å². The molecule has 1 nitrogen and oxygen atoms in total. The number of rotatable bonds is 0. The van der Waals surface area contributed by atoms with E-state index in [9.17, 15) is 0 Å². The van der Waals surface area contributed by atoms with E-state index < -0.39 is 0 Å². The van der Waals surface area contributed by atoms with Crippen molar-refractivity contribution in [2.45, 2.75) is 25.7 Å². The predicted octanol–water partition coefficient (Wildman–Crippen LogP) is 3.65. The fraction of sp³-hybridized carbons (Fsp3) is 0.455. The van der Waals surface area contributed by atoms with Crippen molar-refractivity contribution in [2.75, 3.05) is 11.9 Å². The fourth-order valence-electron chi connectivity index (χ4n) is 1.97. The Labute approximate surface area is 84.1 Å². The summed E-state index contributed by atoms with van der Waals surface area (Å²) in [6.45, 7) is 3.31. The zero-order valence-electron chi connectivity index (χ0n) is 7.81. The lowest BCUT2D eigenvalue weighted by Gasteiger charge is -2.13. The fourth-order valence-corrected chi connectivity index (χ4v) is 2.33. The first-order valence-corrected chi connectivity index (χ1v) is 5.19. The van der Waals surface area contributed by atoms with Gasteiger partial charge in [0, 0.05) is 17.3 Å². The molecular formula is C11H14ClN. The molecule has 0 bridgehead atoms. The third kappa shape index (κ3) is 1.66. The van der Waals surface area contributed by atoms with Gasteiger partial charge in [0.2, 0.25) is 0 Å². The van der Waals surface area contributed by atoms with Gasteiger partial charge in [-0.25, -0.2) is 0 Å². The molecule has 0 fully saturated rings. The normalized spacial score (nSPS) is 21.5. The average Bonchev–Trinajstić information content (AvgIpc) is 2.29. The van der Waals surface area contributed by atoms with Gasteiger partial charge in [-0.05, 0) is 36.5 Å². The van der Waals surface area contributed by atoms with Gasteiger partial charge in [-0.3, -0.25) is 0 Å². The minimum Gasteiger partial charge on any atom is -0.385 e. The molecule has 1 aromatic carbocycles. The van der Waals surface area contributed by atoms with Gasteiger partial charge in [-0.2, -0.15) is 0 Å². The van der Waals surface area contributed by atoms with Gasteiger partial charge < -0.3 is 5.32 Å². The molecule has 1 aliphatic heterocycles. The van der Waals surface area contributed by atoms with E-state index in [1.807, 2.05) is 12.1 Å². The molecule has 1 aromatic rings. The molecule has 0 saturated carbocycles. The van der Waals surface area contributed by atoms with Crippen molar-refractivity contribution in [3.05, 3.63) is 28.8 Å². The number of halogens is 1. The van der Waals surface area contributed by atoms with E-state index in [2.05, 4.69) is 18.3 Å². The number of nitrogens with one attached hydrogen (secondary N) is 1. The van der Waals surface area contributed by atoms with E-state index in [4.69, 9.17) is 11.6 Å². The molecule has 0 amide bonds. The van der Waals surface area contributed by atoms with Crippen molar-refractivity contribution in [1.29, 1.82) is 0 Å². The molecule has 1 heterocycles. The Balaban J connectivity index is 2.48. The Bertz CT molecular complexity index is 309. The zero-order chi connectivity index (χ0) is 9.26. The van der Waals surface area contributed by atoms with Crippen LogP contribution >= 0.6 is 11.6 Å². The standard InChI is InChI=1S/C11H14ClN/c1-8-4-3-7-13-10-6-2-5-9(12)11(8)10/h2,5-6,8,13H,3-4,7H2,1H3. The quantitative estimate of drug-likeness (QED) is 0.667. The molecule has 0 aliphatic carbocycles. The highest BCUT2D eigenvalue weighted by Gasteiger charge is 2.16. The van der Waals surface area contributed by atoms with Crippen LogP contribution in [0.5, 0.6) is 0 Å². The summed E-state index contributed by atoms with van der Waals surface area (Å²) in [6.07, 6.45) is 2.45. The van der Waals surface area contributed by atoms with Crippen LogP contribution in [0.4, 0.5) is 5.69 Å². The van der Waals surface area contributed by atoms with Crippen molar-refractivity contribution < 1.29 is 0 Å².